The molecule has 3 nitrogen and oxygen atoms in total. The van der Waals surface area contributed by atoms with Crippen molar-refractivity contribution >= 4 is 28.2 Å². The molecule has 2 aromatic carbocycles. The zero-order valence-corrected chi connectivity index (χ0v) is 14.9. The highest BCUT2D eigenvalue weighted by Gasteiger charge is 2.06. The lowest BCUT2D eigenvalue weighted by atomic mass is 10.1. The van der Waals surface area contributed by atoms with E-state index in [1.165, 1.54) is 22.3 Å². The quantitative estimate of drug-likeness (QED) is 0.636. The molecule has 118 valence electrons. The summed E-state index contributed by atoms with van der Waals surface area (Å²) in [6.07, 6.45) is 0. The van der Waals surface area contributed by atoms with Crippen LogP contribution in [0.15, 0.2) is 52.9 Å². The molecule has 0 saturated heterocycles. The Morgan fingerprint density at radius 3 is 2.57 bits per heavy atom. The van der Waals surface area contributed by atoms with Crippen molar-refractivity contribution < 1.29 is 0 Å². The number of aromatic nitrogens is 2. The van der Waals surface area contributed by atoms with E-state index in [4.69, 9.17) is 0 Å². The SMILES string of the molecule is Cc1ccc(CSc2nnc(NCc3ccccc3C)s2)cc1. The predicted molar refractivity (Wildman–Crippen MR) is 99.2 cm³/mol. The van der Waals surface area contributed by atoms with Crippen molar-refractivity contribution in [2.24, 2.45) is 0 Å². The summed E-state index contributed by atoms with van der Waals surface area (Å²) in [5.74, 6) is 0.923. The van der Waals surface area contributed by atoms with E-state index in [-0.39, 0.29) is 0 Å². The third-order valence-electron chi connectivity index (χ3n) is 3.58. The highest BCUT2D eigenvalue weighted by atomic mass is 32.2. The van der Waals surface area contributed by atoms with Gasteiger partial charge in [-0.25, -0.2) is 0 Å². The van der Waals surface area contributed by atoms with E-state index in [2.05, 4.69) is 77.9 Å². The van der Waals surface area contributed by atoms with E-state index in [0.29, 0.717) is 0 Å². The molecule has 0 bridgehead atoms. The van der Waals surface area contributed by atoms with Crippen molar-refractivity contribution in [2.45, 2.75) is 30.5 Å². The van der Waals surface area contributed by atoms with E-state index in [1.807, 2.05) is 0 Å². The first-order valence-electron chi connectivity index (χ1n) is 7.51. The van der Waals surface area contributed by atoms with Gasteiger partial charge in [0.15, 0.2) is 4.34 Å². The average molecular weight is 342 g/mol. The van der Waals surface area contributed by atoms with Gasteiger partial charge in [0.1, 0.15) is 0 Å². The molecule has 1 aromatic heterocycles. The number of nitrogens with zero attached hydrogens (tertiary/aromatic N) is 2. The number of thioether (sulfide) groups is 1. The molecular formula is C18H19N3S2. The molecule has 0 fully saturated rings. The predicted octanol–water partition coefficient (Wildman–Crippen LogP) is 5.06. The fourth-order valence-corrected chi connectivity index (χ4v) is 3.85. The van der Waals surface area contributed by atoms with Crippen molar-refractivity contribution in [1.29, 1.82) is 0 Å². The molecule has 0 aliphatic carbocycles. The summed E-state index contributed by atoms with van der Waals surface area (Å²) in [5.41, 5.74) is 5.18. The first-order valence-corrected chi connectivity index (χ1v) is 9.31. The Bertz CT molecular complexity index is 766. The van der Waals surface area contributed by atoms with Crippen LogP contribution < -0.4 is 5.32 Å². The van der Waals surface area contributed by atoms with Gasteiger partial charge in [-0.3, -0.25) is 0 Å². The monoisotopic (exact) mass is 341 g/mol. The maximum absolute atomic E-state index is 4.25. The second-order valence-corrected chi connectivity index (χ2v) is 7.63. The molecular weight excluding hydrogens is 322 g/mol. The molecule has 0 saturated carbocycles. The molecule has 23 heavy (non-hydrogen) atoms. The normalized spacial score (nSPS) is 10.7. The van der Waals surface area contributed by atoms with Gasteiger partial charge in [-0.05, 0) is 30.5 Å². The summed E-state index contributed by atoms with van der Waals surface area (Å²) in [6.45, 7) is 5.01. The molecule has 3 rings (SSSR count). The molecule has 0 atom stereocenters. The van der Waals surface area contributed by atoms with Gasteiger partial charge in [0.05, 0.1) is 0 Å². The second-order valence-electron chi connectivity index (χ2n) is 5.43. The number of nitrogens with one attached hydrogen (secondary N) is 1. The Morgan fingerprint density at radius 1 is 1.00 bits per heavy atom. The lowest BCUT2D eigenvalue weighted by Crippen LogP contribution is -2.00. The Morgan fingerprint density at radius 2 is 1.78 bits per heavy atom. The lowest BCUT2D eigenvalue weighted by Gasteiger charge is -2.05. The van der Waals surface area contributed by atoms with E-state index < -0.39 is 0 Å². The molecule has 0 radical (unpaired) electrons. The van der Waals surface area contributed by atoms with Gasteiger partial charge in [-0.2, -0.15) is 0 Å². The summed E-state index contributed by atoms with van der Waals surface area (Å²) < 4.78 is 0.998. The second kappa shape index (κ2) is 7.62. The van der Waals surface area contributed by atoms with Gasteiger partial charge in [0, 0.05) is 12.3 Å². The summed E-state index contributed by atoms with van der Waals surface area (Å²) in [6, 6.07) is 17.0. The van der Waals surface area contributed by atoms with Crippen molar-refractivity contribution in [3.8, 4) is 0 Å². The standard InChI is InChI=1S/C18H19N3S2/c1-13-7-9-15(10-8-13)12-22-18-21-20-17(23-18)19-11-16-6-4-3-5-14(16)2/h3-10H,11-12H2,1-2H3,(H,19,20). The molecule has 1 N–H and O–H groups in total. The fraction of sp³-hybridized carbons (Fsp3) is 0.222. The molecule has 0 spiro atoms. The first-order chi connectivity index (χ1) is 11.2. The Hall–Kier alpha value is -1.85. The van der Waals surface area contributed by atoms with Crippen LogP contribution in [-0.2, 0) is 12.3 Å². The zero-order chi connectivity index (χ0) is 16.1. The number of hydrogen-bond acceptors (Lipinski definition) is 5. The van der Waals surface area contributed by atoms with Crippen LogP contribution in [0, 0.1) is 13.8 Å². The Balaban J connectivity index is 1.53. The minimum absolute atomic E-state index is 0.782. The molecule has 0 aliphatic rings. The average Bonchev–Trinajstić information content (AvgIpc) is 3.02. The van der Waals surface area contributed by atoms with Gasteiger partial charge in [-0.15, -0.1) is 10.2 Å². The minimum atomic E-state index is 0.782. The Kier molecular flexibility index (Phi) is 5.31. The zero-order valence-electron chi connectivity index (χ0n) is 13.2. The largest absolute Gasteiger partial charge is 0.356 e. The topological polar surface area (TPSA) is 37.8 Å². The highest BCUT2D eigenvalue weighted by molar-refractivity contribution is 8.00. The van der Waals surface area contributed by atoms with E-state index in [9.17, 15) is 0 Å². The van der Waals surface area contributed by atoms with Gasteiger partial charge < -0.3 is 5.32 Å². The van der Waals surface area contributed by atoms with Crippen LogP contribution in [0.25, 0.3) is 0 Å². The number of aryl methyl sites for hydroxylation is 2. The molecule has 0 unspecified atom stereocenters. The maximum atomic E-state index is 4.25. The van der Waals surface area contributed by atoms with E-state index in [0.717, 1.165) is 21.8 Å². The minimum Gasteiger partial charge on any atom is -0.356 e. The number of anilines is 1. The lowest BCUT2D eigenvalue weighted by molar-refractivity contribution is 0.993. The fourth-order valence-electron chi connectivity index (χ4n) is 2.15. The Labute approximate surface area is 145 Å². The van der Waals surface area contributed by atoms with Gasteiger partial charge in [0.2, 0.25) is 5.13 Å². The molecule has 0 aliphatic heterocycles. The third kappa shape index (κ3) is 4.56. The van der Waals surface area contributed by atoms with Crippen molar-refractivity contribution in [2.75, 3.05) is 5.32 Å². The van der Waals surface area contributed by atoms with Crippen LogP contribution in [0.3, 0.4) is 0 Å². The molecule has 1 heterocycles. The molecule has 5 heteroatoms. The maximum Gasteiger partial charge on any atom is 0.206 e. The summed E-state index contributed by atoms with van der Waals surface area (Å²) >= 11 is 3.34. The number of benzene rings is 2. The van der Waals surface area contributed by atoms with E-state index in [1.54, 1.807) is 23.1 Å². The van der Waals surface area contributed by atoms with Crippen molar-refractivity contribution in [3.05, 3.63) is 70.8 Å². The molecule has 0 amide bonds. The van der Waals surface area contributed by atoms with Gasteiger partial charge in [0.25, 0.3) is 0 Å². The summed E-state index contributed by atoms with van der Waals surface area (Å²) in [5, 5.41) is 12.7. The summed E-state index contributed by atoms with van der Waals surface area (Å²) in [4.78, 5) is 0. The summed E-state index contributed by atoms with van der Waals surface area (Å²) in [7, 11) is 0. The number of rotatable bonds is 6. The van der Waals surface area contributed by atoms with Crippen molar-refractivity contribution in [1.82, 2.24) is 10.2 Å². The van der Waals surface area contributed by atoms with Crippen LogP contribution >= 0.6 is 23.1 Å². The third-order valence-corrected chi connectivity index (χ3v) is 5.67. The highest BCUT2D eigenvalue weighted by Crippen LogP contribution is 2.28. The van der Waals surface area contributed by atoms with Crippen LogP contribution in [-0.4, -0.2) is 10.2 Å². The van der Waals surface area contributed by atoms with Crippen LogP contribution in [0.1, 0.15) is 22.3 Å². The van der Waals surface area contributed by atoms with E-state index >= 15 is 0 Å². The smallest absolute Gasteiger partial charge is 0.206 e. The molecule has 3 aromatic rings. The van der Waals surface area contributed by atoms with Crippen LogP contribution in [0.2, 0.25) is 0 Å². The number of hydrogen-bond donors (Lipinski definition) is 1. The van der Waals surface area contributed by atoms with Gasteiger partial charge in [-0.1, -0.05) is 77.2 Å². The van der Waals surface area contributed by atoms with Crippen LogP contribution in [0.5, 0.6) is 0 Å². The van der Waals surface area contributed by atoms with Crippen LogP contribution in [0.4, 0.5) is 5.13 Å². The van der Waals surface area contributed by atoms with Gasteiger partial charge >= 0.3 is 0 Å². The van der Waals surface area contributed by atoms with Crippen molar-refractivity contribution in [3.63, 3.8) is 0 Å². The first kappa shape index (κ1) is 16.0.